The van der Waals surface area contributed by atoms with Gasteiger partial charge in [0.25, 0.3) is 0 Å². The summed E-state index contributed by atoms with van der Waals surface area (Å²) in [7, 11) is 0. The molecule has 2 rings (SSSR count). The lowest BCUT2D eigenvalue weighted by Gasteiger charge is -2.31. The van der Waals surface area contributed by atoms with Crippen LogP contribution >= 0.6 is 11.3 Å². The lowest BCUT2D eigenvalue weighted by atomic mass is 9.84. The number of hydrogen-bond donors (Lipinski definition) is 1. The van der Waals surface area contributed by atoms with Crippen molar-refractivity contribution >= 4 is 17.1 Å². The maximum Gasteiger partial charge on any atom is 0.166 e. The number of carbonyl (C=O) groups excluding carboxylic acids is 1. The largest absolute Gasteiger partial charge is 0.316 e. The molecule has 0 saturated carbocycles. The molecule has 0 aliphatic carbocycles. The van der Waals surface area contributed by atoms with E-state index in [1.54, 1.807) is 11.3 Å². The molecule has 1 aromatic rings. The van der Waals surface area contributed by atoms with Crippen molar-refractivity contribution in [3.63, 3.8) is 0 Å². The summed E-state index contributed by atoms with van der Waals surface area (Å²) in [5, 5.41) is 7.09. The average Bonchev–Trinajstić information content (AvgIpc) is 2.51. The molecule has 1 aliphatic heterocycles. The van der Waals surface area contributed by atoms with E-state index in [1.807, 2.05) is 23.8 Å². The molecule has 0 amide bonds. The first-order chi connectivity index (χ1) is 6.29. The van der Waals surface area contributed by atoms with Gasteiger partial charge in [-0.15, -0.1) is 0 Å². The third-order valence-corrected chi connectivity index (χ3v) is 3.42. The van der Waals surface area contributed by atoms with Gasteiger partial charge in [-0.05, 0) is 30.5 Å². The molecule has 70 valence electrons. The summed E-state index contributed by atoms with van der Waals surface area (Å²) in [6, 6.07) is 1.91. The van der Waals surface area contributed by atoms with Gasteiger partial charge in [-0.2, -0.15) is 11.3 Å². The monoisotopic (exact) mass is 195 g/mol. The predicted octanol–water partition coefficient (Wildman–Crippen LogP) is 1.79. The van der Waals surface area contributed by atoms with E-state index < -0.39 is 0 Å². The Balaban J connectivity index is 2.04. The normalized spacial score (nSPS) is 19.5. The van der Waals surface area contributed by atoms with Gasteiger partial charge in [-0.25, -0.2) is 0 Å². The van der Waals surface area contributed by atoms with Crippen molar-refractivity contribution in [2.75, 3.05) is 13.1 Å². The maximum atomic E-state index is 11.8. The van der Waals surface area contributed by atoms with E-state index in [2.05, 4.69) is 5.32 Å². The van der Waals surface area contributed by atoms with Gasteiger partial charge in [-0.3, -0.25) is 4.79 Å². The standard InChI is InChI=1S/C10H13NOS/c1-7(9-4-11-5-9)10(12)8-2-3-13-6-8/h2-3,6-7,9,11H,4-5H2,1H3. The first kappa shape index (κ1) is 8.91. The minimum Gasteiger partial charge on any atom is -0.316 e. The fourth-order valence-corrected chi connectivity index (χ4v) is 2.19. The highest BCUT2D eigenvalue weighted by Crippen LogP contribution is 2.21. The van der Waals surface area contributed by atoms with Crippen LogP contribution in [-0.2, 0) is 0 Å². The first-order valence-corrected chi connectivity index (χ1v) is 5.50. The van der Waals surface area contributed by atoms with Crippen molar-refractivity contribution < 1.29 is 4.79 Å². The second-order valence-corrected chi connectivity index (χ2v) is 4.36. The van der Waals surface area contributed by atoms with E-state index >= 15 is 0 Å². The van der Waals surface area contributed by atoms with Crippen molar-refractivity contribution in [1.82, 2.24) is 5.32 Å². The fourth-order valence-electron chi connectivity index (χ4n) is 1.55. The van der Waals surface area contributed by atoms with Crippen LogP contribution in [0.4, 0.5) is 0 Å². The van der Waals surface area contributed by atoms with Crippen molar-refractivity contribution in [1.29, 1.82) is 0 Å². The van der Waals surface area contributed by atoms with E-state index in [0.717, 1.165) is 18.7 Å². The van der Waals surface area contributed by atoms with E-state index in [9.17, 15) is 4.79 Å². The Morgan fingerprint density at radius 3 is 2.92 bits per heavy atom. The number of carbonyl (C=O) groups is 1. The molecule has 0 spiro atoms. The maximum absolute atomic E-state index is 11.8. The van der Waals surface area contributed by atoms with Crippen LogP contribution in [0.2, 0.25) is 0 Å². The predicted molar refractivity (Wildman–Crippen MR) is 54.2 cm³/mol. The molecule has 0 bridgehead atoms. The van der Waals surface area contributed by atoms with Gasteiger partial charge in [-0.1, -0.05) is 6.92 Å². The summed E-state index contributed by atoms with van der Waals surface area (Å²) < 4.78 is 0. The highest BCUT2D eigenvalue weighted by Gasteiger charge is 2.29. The van der Waals surface area contributed by atoms with E-state index in [-0.39, 0.29) is 5.92 Å². The summed E-state index contributed by atoms with van der Waals surface area (Å²) >= 11 is 1.59. The Morgan fingerprint density at radius 1 is 1.69 bits per heavy atom. The van der Waals surface area contributed by atoms with Crippen molar-refractivity contribution in [3.05, 3.63) is 22.4 Å². The molecule has 0 aromatic carbocycles. The van der Waals surface area contributed by atoms with Crippen molar-refractivity contribution in [2.45, 2.75) is 6.92 Å². The quantitative estimate of drug-likeness (QED) is 0.745. The average molecular weight is 195 g/mol. The van der Waals surface area contributed by atoms with Gasteiger partial charge in [0.2, 0.25) is 0 Å². The molecular formula is C10H13NOS. The summed E-state index contributed by atoms with van der Waals surface area (Å²) in [5.74, 6) is 1.02. The zero-order valence-corrected chi connectivity index (χ0v) is 8.43. The lowest BCUT2D eigenvalue weighted by Crippen LogP contribution is -2.47. The van der Waals surface area contributed by atoms with Gasteiger partial charge in [0, 0.05) is 16.9 Å². The molecule has 2 nitrogen and oxygen atoms in total. The number of rotatable bonds is 3. The molecular weight excluding hydrogens is 182 g/mol. The van der Waals surface area contributed by atoms with Gasteiger partial charge in [0.15, 0.2) is 5.78 Å². The third kappa shape index (κ3) is 1.67. The van der Waals surface area contributed by atoms with Crippen molar-refractivity contribution in [2.24, 2.45) is 11.8 Å². The molecule has 1 fully saturated rings. The molecule has 1 aliphatic rings. The topological polar surface area (TPSA) is 29.1 Å². The molecule has 1 N–H and O–H groups in total. The Bertz CT molecular complexity index is 290. The second kappa shape index (κ2) is 3.60. The fraction of sp³-hybridized carbons (Fsp3) is 0.500. The number of ketones is 1. The first-order valence-electron chi connectivity index (χ1n) is 4.56. The summed E-state index contributed by atoms with van der Waals surface area (Å²) in [4.78, 5) is 11.8. The minimum absolute atomic E-state index is 0.177. The smallest absolute Gasteiger partial charge is 0.166 e. The molecule has 1 saturated heterocycles. The molecule has 2 heterocycles. The number of nitrogens with one attached hydrogen (secondary N) is 1. The highest BCUT2D eigenvalue weighted by atomic mass is 32.1. The summed E-state index contributed by atoms with van der Waals surface area (Å²) in [5.41, 5.74) is 0.879. The number of thiophene rings is 1. The van der Waals surface area contributed by atoms with Gasteiger partial charge < -0.3 is 5.32 Å². The van der Waals surface area contributed by atoms with Crippen LogP contribution in [0.15, 0.2) is 16.8 Å². The highest BCUT2D eigenvalue weighted by molar-refractivity contribution is 7.08. The molecule has 0 radical (unpaired) electrons. The van der Waals surface area contributed by atoms with Crippen LogP contribution in [-0.4, -0.2) is 18.9 Å². The second-order valence-electron chi connectivity index (χ2n) is 3.58. The summed E-state index contributed by atoms with van der Waals surface area (Å²) in [6.45, 7) is 4.03. The Hall–Kier alpha value is -0.670. The number of Topliss-reactive ketones (excluding diaryl/α,β-unsaturated/α-hetero) is 1. The Morgan fingerprint density at radius 2 is 2.46 bits per heavy atom. The molecule has 1 atom stereocenters. The Kier molecular flexibility index (Phi) is 2.47. The minimum atomic E-state index is 0.177. The van der Waals surface area contributed by atoms with Gasteiger partial charge in [0.05, 0.1) is 0 Å². The van der Waals surface area contributed by atoms with Crippen LogP contribution < -0.4 is 5.32 Å². The van der Waals surface area contributed by atoms with Crippen LogP contribution in [0.1, 0.15) is 17.3 Å². The SMILES string of the molecule is CC(C(=O)c1ccsc1)C1CNC1. The van der Waals surface area contributed by atoms with Gasteiger partial charge in [0.1, 0.15) is 0 Å². The number of hydrogen-bond acceptors (Lipinski definition) is 3. The molecule has 13 heavy (non-hydrogen) atoms. The zero-order chi connectivity index (χ0) is 9.26. The van der Waals surface area contributed by atoms with E-state index in [0.29, 0.717) is 11.7 Å². The molecule has 1 unspecified atom stereocenters. The van der Waals surface area contributed by atoms with E-state index in [1.165, 1.54) is 0 Å². The van der Waals surface area contributed by atoms with Crippen LogP contribution in [0, 0.1) is 11.8 Å². The van der Waals surface area contributed by atoms with Gasteiger partial charge >= 0.3 is 0 Å². The molecule has 3 heteroatoms. The molecule has 1 aromatic heterocycles. The Labute approximate surface area is 82.0 Å². The summed E-state index contributed by atoms with van der Waals surface area (Å²) in [6.07, 6.45) is 0. The van der Waals surface area contributed by atoms with Crippen LogP contribution in [0.25, 0.3) is 0 Å². The van der Waals surface area contributed by atoms with Crippen LogP contribution in [0.5, 0.6) is 0 Å². The van der Waals surface area contributed by atoms with Crippen LogP contribution in [0.3, 0.4) is 0 Å². The zero-order valence-electron chi connectivity index (χ0n) is 7.62. The van der Waals surface area contributed by atoms with Crippen molar-refractivity contribution in [3.8, 4) is 0 Å². The van der Waals surface area contributed by atoms with E-state index in [4.69, 9.17) is 0 Å². The lowest BCUT2D eigenvalue weighted by molar-refractivity contribution is 0.0854. The third-order valence-electron chi connectivity index (χ3n) is 2.74.